The van der Waals surface area contributed by atoms with Crippen molar-refractivity contribution in [2.45, 2.75) is 142 Å². The Morgan fingerprint density at radius 3 is 1.57 bits per heavy atom. The number of rotatable bonds is 23. The van der Waals surface area contributed by atoms with Crippen LogP contribution in [0.4, 0.5) is 0 Å². The molecule has 2 atom stereocenters. The van der Waals surface area contributed by atoms with E-state index in [2.05, 4.69) is 54.2 Å². The summed E-state index contributed by atoms with van der Waals surface area (Å²) < 4.78 is 0. The summed E-state index contributed by atoms with van der Waals surface area (Å²) >= 11 is 0. The minimum absolute atomic E-state index is 0.499. The summed E-state index contributed by atoms with van der Waals surface area (Å²) in [5.74, 6) is 1.15. The van der Waals surface area contributed by atoms with Gasteiger partial charge in [-0.1, -0.05) is 163 Å². The van der Waals surface area contributed by atoms with Crippen LogP contribution in [0.3, 0.4) is 0 Å². The smallest absolute Gasteiger partial charge is 0.0965 e. The highest BCUT2D eigenvalue weighted by Gasteiger charge is 2.35. The average Bonchev–Trinajstić information content (AvgIpc) is 3.41. The fourth-order valence-corrected chi connectivity index (χ4v) is 5.60. The number of nitrogens with zero attached hydrogens (tertiary/aromatic N) is 2. The van der Waals surface area contributed by atoms with Crippen molar-refractivity contribution in [2.75, 3.05) is 0 Å². The molecule has 0 saturated carbocycles. The molecule has 1 heterocycles. The minimum atomic E-state index is 0.499. The second-order valence-corrected chi connectivity index (χ2v) is 10.9. The van der Waals surface area contributed by atoms with Gasteiger partial charge >= 0.3 is 0 Å². The van der Waals surface area contributed by atoms with Crippen molar-refractivity contribution < 1.29 is 0 Å². The van der Waals surface area contributed by atoms with Gasteiger partial charge in [-0.2, -0.15) is 0 Å². The van der Waals surface area contributed by atoms with Gasteiger partial charge in [-0.25, -0.2) is 0 Å². The molecule has 0 aromatic heterocycles. The van der Waals surface area contributed by atoms with Gasteiger partial charge in [-0.05, 0) is 30.7 Å². The molecule has 1 aliphatic heterocycles. The zero-order valence-corrected chi connectivity index (χ0v) is 23.2. The fourth-order valence-electron chi connectivity index (χ4n) is 5.60. The number of aliphatic imine (C=N–C) groups is 2. The molecule has 0 saturated heterocycles. The standard InChI is InChI=1S/C33H55N2/c1-3-5-7-8-9-10-11-12-13-14-15-16-17-22-26-32(33-34-27-28-35-33)31(25-19-6-4-2)29-30-23-20-18-21-24-30/h18,20-21,23-24,27-28,31-32H,3-17,19,22,25-26,29H2,1-2H3/q+1. The van der Waals surface area contributed by atoms with Gasteiger partial charge in [0.05, 0.1) is 5.92 Å². The first-order chi connectivity index (χ1) is 17.3. The van der Waals surface area contributed by atoms with Crippen LogP contribution in [0.25, 0.3) is 0 Å². The van der Waals surface area contributed by atoms with Crippen molar-refractivity contribution in [3.63, 3.8) is 0 Å². The Morgan fingerprint density at radius 1 is 0.571 bits per heavy atom. The van der Waals surface area contributed by atoms with Crippen molar-refractivity contribution in [1.82, 2.24) is 0 Å². The Bertz CT molecular complexity index is 638. The van der Waals surface area contributed by atoms with E-state index in [0.717, 1.165) is 12.6 Å². The van der Waals surface area contributed by atoms with Crippen molar-refractivity contribution in [3.8, 4) is 0 Å². The van der Waals surface area contributed by atoms with Crippen LogP contribution in [0, 0.1) is 18.0 Å². The van der Waals surface area contributed by atoms with Gasteiger partial charge in [0.25, 0.3) is 0 Å². The highest BCUT2D eigenvalue weighted by atomic mass is 15.0. The maximum absolute atomic E-state index is 4.68. The van der Waals surface area contributed by atoms with E-state index in [4.69, 9.17) is 0 Å². The van der Waals surface area contributed by atoms with Gasteiger partial charge < -0.3 is 0 Å². The van der Waals surface area contributed by atoms with E-state index in [-0.39, 0.29) is 0 Å². The molecule has 2 rings (SSSR count). The highest BCUT2D eigenvalue weighted by Crippen LogP contribution is 2.36. The zero-order valence-electron chi connectivity index (χ0n) is 23.2. The third-order valence-electron chi connectivity index (χ3n) is 7.77. The van der Waals surface area contributed by atoms with E-state index < -0.39 is 0 Å². The molecule has 0 radical (unpaired) electrons. The Labute approximate surface area is 218 Å². The number of benzene rings is 1. The van der Waals surface area contributed by atoms with Gasteiger partial charge in [-0.3, -0.25) is 0 Å². The second kappa shape index (κ2) is 20.6. The molecule has 0 bridgehead atoms. The van der Waals surface area contributed by atoms with Crippen molar-refractivity contribution >= 4 is 12.4 Å². The maximum Gasteiger partial charge on any atom is 0.244 e. The SMILES string of the molecule is CCCCCCCCCCCCCCCCC([C+]1N=CC=N1)C(CCCCC)Cc1ccccc1. The first-order valence-corrected chi connectivity index (χ1v) is 15.3. The normalized spacial score (nSPS) is 14.6. The third-order valence-corrected chi connectivity index (χ3v) is 7.77. The van der Waals surface area contributed by atoms with Crippen molar-refractivity contribution in [3.05, 3.63) is 42.1 Å². The molecule has 196 valence electrons. The Morgan fingerprint density at radius 2 is 1.03 bits per heavy atom. The lowest BCUT2D eigenvalue weighted by atomic mass is 9.78. The molecule has 0 amide bonds. The maximum atomic E-state index is 4.68. The zero-order chi connectivity index (χ0) is 24.8. The van der Waals surface area contributed by atoms with E-state index in [1.165, 1.54) is 128 Å². The number of unbranched alkanes of at least 4 members (excludes halogenated alkanes) is 15. The van der Waals surface area contributed by atoms with Crippen LogP contribution >= 0.6 is 0 Å². The minimum Gasteiger partial charge on any atom is -0.0965 e. The van der Waals surface area contributed by atoms with Crippen molar-refractivity contribution in [2.24, 2.45) is 21.8 Å². The molecular formula is C33H55N2+. The largest absolute Gasteiger partial charge is 0.244 e. The lowest BCUT2D eigenvalue weighted by Crippen LogP contribution is -2.22. The predicted molar refractivity (Wildman–Crippen MR) is 156 cm³/mol. The summed E-state index contributed by atoms with van der Waals surface area (Å²) in [6.07, 6.45) is 32.3. The van der Waals surface area contributed by atoms with Crippen LogP contribution in [0.1, 0.15) is 141 Å². The molecule has 2 unspecified atom stereocenters. The van der Waals surface area contributed by atoms with Gasteiger partial charge in [0.1, 0.15) is 0 Å². The molecule has 2 heteroatoms. The third kappa shape index (κ3) is 13.9. The lowest BCUT2D eigenvalue weighted by Gasteiger charge is -2.26. The number of hydrogen-bond acceptors (Lipinski definition) is 2. The van der Waals surface area contributed by atoms with Gasteiger partial charge in [0.2, 0.25) is 6.17 Å². The van der Waals surface area contributed by atoms with Crippen LogP contribution in [0.2, 0.25) is 0 Å². The van der Waals surface area contributed by atoms with Crippen LogP contribution in [-0.2, 0) is 6.42 Å². The summed E-state index contributed by atoms with van der Waals surface area (Å²) in [6.45, 7) is 4.60. The first kappa shape index (κ1) is 29.7. The van der Waals surface area contributed by atoms with Gasteiger partial charge in [-0.15, -0.1) is 0 Å². The quantitative estimate of drug-likeness (QED) is 0.110. The predicted octanol–water partition coefficient (Wildman–Crippen LogP) is 10.6. The lowest BCUT2D eigenvalue weighted by molar-refractivity contribution is 0.284. The molecule has 0 aliphatic carbocycles. The molecule has 0 fully saturated rings. The monoisotopic (exact) mass is 479 g/mol. The molecular weight excluding hydrogens is 424 g/mol. The van der Waals surface area contributed by atoms with Gasteiger partial charge in [0.15, 0.2) is 12.4 Å². The van der Waals surface area contributed by atoms with Gasteiger partial charge in [0, 0.05) is 0 Å². The van der Waals surface area contributed by atoms with Crippen LogP contribution < -0.4 is 0 Å². The summed E-state index contributed by atoms with van der Waals surface area (Å²) in [6, 6.07) is 11.1. The average molecular weight is 480 g/mol. The first-order valence-electron chi connectivity index (χ1n) is 15.3. The topological polar surface area (TPSA) is 24.7 Å². The number of hydrogen-bond donors (Lipinski definition) is 0. The molecule has 0 spiro atoms. The van der Waals surface area contributed by atoms with Crippen LogP contribution in [0.5, 0.6) is 0 Å². The summed E-state index contributed by atoms with van der Waals surface area (Å²) in [7, 11) is 0. The van der Waals surface area contributed by atoms with Crippen LogP contribution in [0.15, 0.2) is 40.3 Å². The summed E-state index contributed by atoms with van der Waals surface area (Å²) in [5.41, 5.74) is 1.46. The van der Waals surface area contributed by atoms with E-state index in [1.54, 1.807) is 0 Å². The summed E-state index contributed by atoms with van der Waals surface area (Å²) in [5, 5.41) is 0. The molecule has 2 nitrogen and oxygen atoms in total. The van der Waals surface area contributed by atoms with E-state index in [1.807, 2.05) is 12.4 Å². The highest BCUT2D eigenvalue weighted by molar-refractivity contribution is 6.18. The Hall–Kier alpha value is -1.57. The van der Waals surface area contributed by atoms with E-state index in [0.29, 0.717) is 11.8 Å². The Kier molecular flexibility index (Phi) is 17.5. The van der Waals surface area contributed by atoms with E-state index >= 15 is 0 Å². The fraction of sp³-hybridized carbons (Fsp3) is 0.727. The second-order valence-electron chi connectivity index (χ2n) is 10.9. The molecule has 35 heavy (non-hydrogen) atoms. The van der Waals surface area contributed by atoms with Crippen molar-refractivity contribution in [1.29, 1.82) is 0 Å². The molecule has 1 aromatic rings. The van der Waals surface area contributed by atoms with E-state index in [9.17, 15) is 0 Å². The summed E-state index contributed by atoms with van der Waals surface area (Å²) in [4.78, 5) is 9.36. The molecule has 1 aromatic carbocycles. The molecule has 1 aliphatic rings. The molecule has 0 N–H and O–H groups in total. The van der Waals surface area contributed by atoms with Crippen LogP contribution in [-0.4, -0.2) is 12.4 Å². The Balaban J connectivity index is 1.67.